The van der Waals surface area contributed by atoms with Crippen LogP contribution in [0.2, 0.25) is 0 Å². The molecular weight excluding hydrogens is 481 g/mol. The lowest BCUT2D eigenvalue weighted by Gasteiger charge is -2.32. The first-order valence-corrected chi connectivity index (χ1v) is 14.2. The Hall–Kier alpha value is -2.94. The SMILES string of the molecule is CC(C)c1ccccc1N(CC(=O)N(Cc1ccc(F)cc1)C(C)C(=O)NC1CCCC1)S(C)(=O)=O. The van der Waals surface area contributed by atoms with Crippen LogP contribution in [0.1, 0.15) is 63.5 Å². The van der Waals surface area contributed by atoms with Gasteiger partial charge in [-0.05, 0) is 55.0 Å². The van der Waals surface area contributed by atoms with E-state index in [1.165, 1.54) is 17.0 Å². The second-order valence-electron chi connectivity index (χ2n) is 9.80. The van der Waals surface area contributed by atoms with E-state index in [9.17, 15) is 22.4 Å². The molecule has 1 unspecified atom stereocenters. The number of nitrogens with one attached hydrogen (secondary N) is 1. The van der Waals surface area contributed by atoms with Crippen molar-refractivity contribution >= 4 is 27.5 Å². The van der Waals surface area contributed by atoms with Crippen LogP contribution in [0.5, 0.6) is 0 Å². The van der Waals surface area contributed by atoms with Gasteiger partial charge in [0.25, 0.3) is 0 Å². The van der Waals surface area contributed by atoms with Gasteiger partial charge in [0.15, 0.2) is 0 Å². The molecule has 0 aliphatic heterocycles. The van der Waals surface area contributed by atoms with E-state index in [0.717, 1.165) is 41.8 Å². The molecule has 1 aliphatic rings. The van der Waals surface area contributed by atoms with E-state index in [1.54, 1.807) is 31.2 Å². The summed E-state index contributed by atoms with van der Waals surface area (Å²) in [5.41, 5.74) is 1.87. The fraction of sp³-hybridized carbons (Fsp3) is 0.481. The predicted molar refractivity (Wildman–Crippen MR) is 140 cm³/mol. The first-order valence-electron chi connectivity index (χ1n) is 12.4. The van der Waals surface area contributed by atoms with Gasteiger partial charge in [0.2, 0.25) is 21.8 Å². The minimum Gasteiger partial charge on any atom is -0.352 e. The van der Waals surface area contributed by atoms with E-state index < -0.39 is 34.3 Å². The van der Waals surface area contributed by atoms with E-state index in [2.05, 4.69) is 5.32 Å². The monoisotopic (exact) mass is 517 g/mol. The molecule has 0 spiro atoms. The number of para-hydroxylation sites is 1. The summed E-state index contributed by atoms with van der Waals surface area (Å²) < 4.78 is 40.2. The number of carbonyl (C=O) groups excluding carboxylic acids is 2. The highest BCUT2D eigenvalue weighted by molar-refractivity contribution is 7.92. The van der Waals surface area contributed by atoms with Crippen molar-refractivity contribution in [1.29, 1.82) is 0 Å². The van der Waals surface area contributed by atoms with Crippen molar-refractivity contribution in [3.05, 3.63) is 65.5 Å². The molecule has 0 bridgehead atoms. The van der Waals surface area contributed by atoms with Crippen LogP contribution in [0.4, 0.5) is 10.1 Å². The van der Waals surface area contributed by atoms with Crippen molar-refractivity contribution in [3.63, 3.8) is 0 Å². The minimum absolute atomic E-state index is 0.0342. The predicted octanol–water partition coefficient (Wildman–Crippen LogP) is 4.19. The van der Waals surface area contributed by atoms with Crippen LogP contribution in [0, 0.1) is 5.82 Å². The zero-order chi connectivity index (χ0) is 26.5. The third-order valence-corrected chi connectivity index (χ3v) is 7.77. The largest absolute Gasteiger partial charge is 0.352 e. The van der Waals surface area contributed by atoms with E-state index in [-0.39, 0.29) is 24.4 Å². The molecule has 2 aromatic rings. The quantitative estimate of drug-likeness (QED) is 0.512. The Morgan fingerprint density at radius 1 is 1.03 bits per heavy atom. The van der Waals surface area contributed by atoms with Crippen LogP contribution in [0.15, 0.2) is 48.5 Å². The number of hydrogen-bond acceptors (Lipinski definition) is 4. The van der Waals surface area contributed by atoms with Crippen molar-refractivity contribution in [2.45, 2.75) is 71.0 Å². The number of hydrogen-bond donors (Lipinski definition) is 1. The highest BCUT2D eigenvalue weighted by Crippen LogP contribution is 2.29. The number of benzene rings is 2. The summed E-state index contributed by atoms with van der Waals surface area (Å²) >= 11 is 0. The average molecular weight is 518 g/mol. The first kappa shape index (κ1) is 27.6. The van der Waals surface area contributed by atoms with Crippen molar-refractivity contribution in [2.24, 2.45) is 0 Å². The molecule has 36 heavy (non-hydrogen) atoms. The molecule has 0 saturated heterocycles. The van der Waals surface area contributed by atoms with Crippen molar-refractivity contribution < 1.29 is 22.4 Å². The van der Waals surface area contributed by atoms with Crippen molar-refractivity contribution in [1.82, 2.24) is 10.2 Å². The maximum atomic E-state index is 13.7. The van der Waals surface area contributed by atoms with Gasteiger partial charge in [0, 0.05) is 12.6 Å². The Morgan fingerprint density at radius 3 is 2.22 bits per heavy atom. The topological polar surface area (TPSA) is 86.8 Å². The second kappa shape index (κ2) is 11.9. The molecule has 1 N–H and O–H groups in total. The number of carbonyl (C=O) groups is 2. The molecule has 1 aliphatic carbocycles. The summed E-state index contributed by atoms with van der Waals surface area (Å²) in [6.07, 6.45) is 4.97. The van der Waals surface area contributed by atoms with Gasteiger partial charge in [-0.1, -0.05) is 57.0 Å². The number of nitrogens with zero attached hydrogens (tertiary/aromatic N) is 2. The maximum Gasteiger partial charge on any atom is 0.244 e. The van der Waals surface area contributed by atoms with Crippen molar-refractivity contribution in [2.75, 3.05) is 17.1 Å². The smallest absolute Gasteiger partial charge is 0.244 e. The molecule has 1 fully saturated rings. The molecule has 3 rings (SSSR count). The van der Waals surface area contributed by atoms with Crippen LogP contribution < -0.4 is 9.62 Å². The fourth-order valence-corrected chi connectivity index (χ4v) is 5.43. The molecule has 9 heteroatoms. The Labute approximate surface area is 213 Å². The highest BCUT2D eigenvalue weighted by Gasteiger charge is 2.32. The van der Waals surface area contributed by atoms with Crippen LogP contribution in [-0.4, -0.2) is 50.0 Å². The summed E-state index contributed by atoms with van der Waals surface area (Å²) in [6, 6.07) is 12.0. The molecule has 2 aromatic carbocycles. The van der Waals surface area contributed by atoms with Crippen LogP contribution in [0.3, 0.4) is 0 Å². The van der Waals surface area contributed by atoms with E-state index in [4.69, 9.17) is 0 Å². The van der Waals surface area contributed by atoms with Crippen molar-refractivity contribution in [3.8, 4) is 0 Å². The normalized spacial score (nSPS) is 15.1. The van der Waals surface area contributed by atoms with Crippen LogP contribution in [-0.2, 0) is 26.2 Å². The molecule has 0 radical (unpaired) electrons. The Morgan fingerprint density at radius 2 is 1.64 bits per heavy atom. The first-order chi connectivity index (χ1) is 17.0. The number of halogens is 1. The number of sulfonamides is 1. The average Bonchev–Trinajstić information content (AvgIpc) is 3.33. The number of anilines is 1. The molecule has 1 saturated carbocycles. The lowest BCUT2D eigenvalue weighted by molar-refractivity contribution is -0.139. The molecular formula is C27H36FN3O4S. The fourth-order valence-electron chi connectivity index (χ4n) is 4.56. The summed E-state index contributed by atoms with van der Waals surface area (Å²) in [5, 5.41) is 3.02. The molecule has 196 valence electrons. The van der Waals surface area contributed by atoms with Crippen LogP contribution in [0.25, 0.3) is 0 Å². The van der Waals surface area contributed by atoms with Gasteiger partial charge in [-0.3, -0.25) is 13.9 Å². The molecule has 7 nitrogen and oxygen atoms in total. The second-order valence-corrected chi connectivity index (χ2v) is 11.7. The third-order valence-electron chi connectivity index (χ3n) is 6.64. The van der Waals surface area contributed by atoms with Gasteiger partial charge in [-0.25, -0.2) is 12.8 Å². The van der Waals surface area contributed by atoms with Gasteiger partial charge in [-0.15, -0.1) is 0 Å². The lowest BCUT2D eigenvalue weighted by Crippen LogP contribution is -2.52. The lowest BCUT2D eigenvalue weighted by atomic mass is 10.0. The zero-order valence-electron chi connectivity index (χ0n) is 21.4. The van der Waals surface area contributed by atoms with E-state index >= 15 is 0 Å². The summed E-state index contributed by atoms with van der Waals surface area (Å²) in [4.78, 5) is 28.1. The minimum atomic E-state index is -3.81. The maximum absolute atomic E-state index is 13.7. The van der Waals surface area contributed by atoms with Gasteiger partial charge >= 0.3 is 0 Å². The molecule has 2 amide bonds. The molecule has 0 heterocycles. The Bertz CT molecular complexity index is 1160. The molecule has 0 aromatic heterocycles. The Kier molecular flexibility index (Phi) is 9.11. The molecule has 1 atom stereocenters. The Balaban J connectivity index is 1.92. The third kappa shape index (κ3) is 7.06. The zero-order valence-corrected chi connectivity index (χ0v) is 22.2. The number of amides is 2. The van der Waals surface area contributed by atoms with Gasteiger partial charge in [-0.2, -0.15) is 0 Å². The van der Waals surface area contributed by atoms with E-state index in [1.807, 2.05) is 26.0 Å². The van der Waals surface area contributed by atoms with E-state index in [0.29, 0.717) is 11.3 Å². The number of rotatable bonds is 10. The summed E-state index contributed by atoms with van der Waals surface area (Å²) in [6.45, 7) is 5.14. The summed E-state index contributed by atoms with van der Waals surface area (Å²) in [5.74, 6) is -1.17. The highest BCUT2D eigenvalue weighted by atomic mass is 32.2. The summed E-state index contributed by atoms with van der Waals surface area (Å²) in [7, 11) is -3.81. The van der Waals surface area contributed by atoms with Gasteiger partial charge < -0.3 is 10.2 Å². The van der Waals surface area contributed by atoms with Gasteiger partial charge in [0.1, 0.15) is 18.4 Å². The van der Waals surface area contributed by atoms with Gasteiger partial charge in [0.05, 0.1) is 11.9 Å². The standard InChI is InChI=1S/C27H36FN3O4S/c1-19(2)24-11-7-8-12-25(24)31(36(4,34)35)18-26(32)30(17-21-13-15-22(28)16-14-21)20(3)27(33)29-23-9-5-6-10-23/h7-8,11-16,19-20,23H,5-6,9-10,17-18H2,1-4H3,(H,29,33). The van der Waals surface area contributed by atoms with Crippen LogP contribution >= 0.6 is 0 Å².